The second-order valence-corrected chi connectivity index (χ2v) is 7.77. The molecule has 1 aromatic carbocycles. The van der Waals surface area contributed by atoms with E-state index in [0.29, 0.717) is 19.4 Å². The summed E-state index contributed by atoms with van der Waals surface area (Å²) in [5.41, 5.74) is 0.186. The molecule has 0 saturated carbocycles. The van der Waals surface area contributed by atoms with Crippen molar-refractivity contribution in [3.05, 3.63) is 47.7 Å². The van der Waals surface area contributed by atoms with E-state index in [2.05, 4.69) is 0 Å². The van der Waals surface area contributed by atoms with Gasteiger partial charge in [-0.25, -0.2) is 4.79 Å². The normalized spacial score (nSPS) is 21.7. The quantitative estimate of drug-likeness (QED) is 0.595. The predicted octanol–water partition coefficient (Wildman–Crippen LogP) is 3.56. The molecule has 0 aliphatic carbocycles. The third-order valence-electron chi connectivity index (χ3n) is 4.56. The number of rotatable bonds is 4. The standard InChI is InChI=1S/C21H29NO5/c1-20(2,3)27-19(24)22-12-11-17(14-25-4)21(15-22,18(23)26-5)13-16-9-7-6-8-10-16/h6-10,14H,11-13,15H2,1-5H3/b17-14-. The zero-order valence-electron chi connectivity index (χ0n) is 16.8. The summed E-state index contributed by atoms with van der Waals surface area (Å²) in [6.45, 7) is 6.10. The molecule has 6 heteroatoms. The predicted molar refractivity (Wildman–Crippen MR) is 102 cm³/mol. The Bertz CT molecular complexity index is 692. The summed E-state index contributed by atoms with van der Waals surface area (Å²) in [5, 5.41) is 0. The molecule has 0 radical (unpaired) electrons. The van der Waals surface area contributed by atoms with Crippen molar-refractivity contribution in [2.75, 3.05) is 27.3 Å². The molecule has 1 amide bonds. The molecular weight excluding hydrogens is 346 g/mol. The van der Waals surface area contributed by atoms with Gasteiger partial charge in [-0.3, -0.25) is 4.79 Å². The van der Waals surface area contributed by atoms with Crippen LogP contribution in [0.2, 0.25) is 0 Å². The van der Waals surface area contributed by atoms with Crippen LogP contribution < -0.4 is 0 Å². The molecule has 1 aliphatic heterocycles. The van der Waals surface area contributed by atoms with E-state index in [4.69, 9.17) is 14.2 Å². The highest BCUT2D eigenvalue weighted by molar-refractivity contribution is 5.83. The maximum Gasteiger partial charge on any atom is 0.410 e. The number of ether oxygens (including phenoxy) is 3. The monoisotopic (exact) mass is 375 g/mol. The van der Waals surface area contributed by atoms with Crippen molar-refractivity contribution in [1.29, 1.82) is 0 Å². The Labute approximate surface area is 161 Å². The number of amides is 1. The lowest BCUT2D eigenvalue weighted by atomic mass is 9.71. The lowest BCUT2D eigenvalue weighted by molar-refractivity contribution is -0.152. The van der Waals surface area contributed by atoms with Crippen LogP contribution >= 0.6 is 0 Å². The van der Waals surface area contributed by atoms with Crippen molar-refractivity contribution in [3.63, 3.8) is 0 Å². The van der Waals surface area contributed by atoms with E-state index in [1.54, 1.807) is 18.3 Å². The lowest BCUT2D eigenvalue weighted by Gasteiger charge is -2.42. The fourth-order valence-electron chi connectivity index (χ4n) is 3.37. The van der Waals surface area contributed by atoms with Crippen LogP contribution in [-0.2, 0) is 25.4 Å². The average molecular weight is 375 g/mol. The number of likely N-dealkylation sites (tertiary alicyclic amines) is 1. The Kier molecular flexibility index (Phi) is 6.52. The van der Waals surface area contributed by atoms with E-state index >= 15 is 0 Å². The van der Waals surface area contributed by atoms with Gasteiger partial charge >= 0.3 is 12.1 Å². The van der Waals surface area contributed by atoms with Crippen LogP contribution in [0.25, 0.3) is 0 Å². The minimum Gasteiger partial charge on any atom is -0.504 e. The van der Waals surface area contributed by atoms with E-state index < -0.39 is 17.1 Å². The minimum atomic E-state index is -1.01. The second-order valence-electron chi connectivity index (χ2n) is 7.77. The van der Waals surface area contributed by atoms with Crippen molar-refractivity contribution < 1.29 is 23.8 Å². The lowest BCUT2D eigenvalue weighted by Crippen LogP contribution is -2.53. The first-order chi connectivity index (χ1) is 12.7. The number of hydrogen-bond donors (Lipinski definition) is 0. The molecule has 27 heavy (non-hydrogen) atoms. The van der Waals surface area contributed by atoms with Crippen LogP contribution in [-0.4, -0.2) is 49.9 Å². The second kappa shape index (κ2) is 8.46. The Morgan fingerprint density at radius 3 is 2.41 bits per heavy atom. The number of nitrogens with zero attached hydrogens (tertiary/aromatic N) is 1. The number of methoxy groups -OCH3 is 2. The fourth-order valence-corrected chi connectivity index (χ4v) is 3.37. The fraction of sp³-hybridized carbons (Fsp3) is 0.524. The van der Waals surface area contributed by atoms with Gasteiger partial charge in [-0.1, -0.05) is 30.3 Å². The van der Waals surface area contributed by atoms with Gasteiger partial charge in [0.25, 0.3) is 0 Å². The first-order valence-corrected chi connectivity index (χ1v) is 9.04. The van der Waals surface area contributed by atoms with Crippen LogP contribution in [0, 0.1) is 5.41 Å². The minimum absolute atomic E-state index is 0.179. The van der Waals surface area contributed by atoms with Crippen molar-refractivity contribution >= 4 is 12.1 Å². The molecule has 0 N–H and O–H groups in total. The van der Waals surface area contributed by atoms with Gasteiger partial charge in [-0.2, -0.15) is 0 Å². The highest BCUT2D eigenvalue weighted by atomic mass is 16.6. The molecule has 0 spiro atoms. The van der Waals surface area contributed by atoms with E-state index in [-0.39, 0.29) is 12.5 Å². The number of benzene rings is 1. The molecule has 1 unspecified atom stereocenters. The molecule has 1 aromatic rings. The SMILES string of the molecule is CO/C=C1/CCN(C(=O)OC(C)(C)C)CC1(Cc1ccccc1)C(=O)OC. The van der Waals surface area contributed by atoms with E-state index in [9.17, 15) is 9.59 Å². The zero-order chi connectivity index (χ0) is 20.1. The van der Waals surface area contributed by atoms with Gasteiger partial charge in [0.1, 0.15) is 11.0 Å². The molecule has 1 aliphatic rings. The number of carbonyl (C=O) groups is 2. The first kappa shape index (κ1) is 20.8. The smallest absolute Gasteiger partial charge is 0.410 e. The topological polar surface area (TPSA) is 65.1 Å². The number of hydrogen-bond acceptors (Lipinski definition) is 5. The first-order valence-electron chi connectivity index (χ1n) is 9.04. The molecule has 1 fully saturated rings. The van der Waals surface area contributed by atoms with Crippen LogP contribution in [0.5, 0.6) is 0 Å². The summed E-state index contributed by atoms with van der Waals surface area (Å²) in [6, 6.07) is 9.69. The van der Waals surface area contributed by atoms with Crippen molar-refractivity contribution in [2.45, 2.75) is 39.2 Å². The Hall–Kier alpha value is -2.50. The third kappa shape index (κ3) is 5.02. The number of carbonyl (C=O) groups excluding carboxylic acids is 2. The molecular formula is C21H29NO5. The highest BCUT2D eigenvalue weighted by Crippen LogP contribution is 2.40. The zero-order valence-corrected chi connectivity index (χ0v) is 16.8. The summed E-state index contributed by atoms with van der Waals surface area (Å²) in [7, 11) is 2.92. The number of piperidine rings is 1. The van der Waals surface area contributed by atoms with Gasteiger partial charge in [0.05, 0.1) is 20.5 Å². The van der Waals surface area contributed by atoms with Crippen LogP contribution in [0.4, 0.5) is 4.79 Å². The Morgan fingerprint density at radius 1 is 1.19 bits per heavy atom. The Balaban J connectivity index is 2.41. The Morgan fingerprint density at radius 2 is 1.85 bits per heavy atom. The van der Waals surface area contributed by atoms with Gasteiger partial charge in [-0.15, -0.1) is 0 Å². The van der Waals surface area contributed by atoms with E-state index in [1.807, 2.05) is 51.1 Å². The molecule has 1 heterocycles. The summed E-state index contributed by atoms with van der Waals surface area (Å²) in [4.78, 5) is 27.1. The van der Waals surface area contributed by atoms with Gasteiger partial charge in [0, 0.05) is 13.1 Å². The molecule has 2 rings (SSSR count). The average Bonchev–Trinajstić information content (AvgIpc) is 2.62. The molecule has 1 saturated heterocycles. The van der Waals surface area contributed by atoms with Crippen LogP contribution in [0.3, 0.4) is 0 Å². The molecule has 0 aromatic heterocycles. The maximum atomic E-state index is 12.9. The van der Waals surface area contributed by atoms with E-state index in [0.717, 1.165) is 11.1 Å². The van der Waals surface area contributed by atoms with E-state index in [1.165, 1.54) is 7.11 Å². The van der Waals surface area contributed by atoms with Crippen LogP contribution in [0.1, 0.15) is 32.8 Å². The molecule has 0 bridgehead atoms. The molecule has 1 atom stereocenters. The summed E-state index contributed by atoms with van der Waals surface area (Å²) >= 11 is 0. The van der Waals surface area contributed by atoms with Gasteiger partial charge in [0.15, 0.2) is 0 Å². The maximum absolute atomic E-state index is 12.9. The van der Waals surface area contributed by atoms with Gasteiger partial charge < -0.3 is 19.1 Å². The summed E-state index contributed by atoms with van der Waals surface area (Å²) < 4.78 is 15.9. The van der Waals surface area contributed by atoms with Crippen LogP contribution in [0.15, 0.2) is 42.2 Å². The van der Waals surface area contributed by atoms with Crippen molar-refractivity contribution in [3.8, 4) is 0 Å². The van der Waals surface area contributed by atoms with Gasteiger partial charge in [0.2, 0.25) is 0 Å². The van der Waals surface area contributed by atoms with Crippen molar-refractivity contribution in [1.82, 2.24) is 4.90 Å². The number of esters is 1. The molecule has 6 nitrogen and oxygen atoms in total. The largest absolute Gasteiger partial charge is 0.504 e. The van der Waals surface area contributed by atoms with Crippen molar-refractivity contribution in [2.24, 2.45) is 5.41 Å². The third-order valence-corrected chi connectivity index (χ3v) is 4.56. The van der Waals surface area contributed by atoms with Gasteiger partial charge in [-0.05, 0) is 44.7 Å². The summed E-state index contributed by atoms with van der Waals surface area (Å²) in [6.07, 6.45) is 2.09. The highest BCUT2D eigenvalue weighted by Gasteiger charge is 2.49. The summed E-state index contributed by atoms with van der Waals surface area (Å²) in [5.74, 6) is -0.386. The molecule has 148 valence electrons.